The minimum atomic E-state index is -0.224. The van der Waals surface area contributed by atoms with Crippen molar-refractivity contribution in [1.29, 1.82) is 5.26 Å². The Morgan fingerprint density at radius 3 is 1.12 bits per heavy atom. The zero-order chi connectivity index (χ0) is 58.1. The van der Waals surface area contributed by atoms with Crippen LogP contribution in [0, 0.1) is 11.3 Å². The highest BCUT2D eigenvalue weighted by Crippen LogP contribution is 2.46. The Labute approximate surface area is 492 Å². The molecule has 0 aliphatic carbocycles. The van der Waals surface area contributed by atoms with Gasteiger partial charge in [0.2, 0.25) is 0 Å². The SMILES string of the molecule is CC(C)(C)c1ccc2c3ccc(C(C)(C)C)cc3n(-c3ccc4c(c3)Oc3cc(-c5cc(C#N)ccc5-n5c6ccccc6c6ccccc65)cc5c3B4c3ccc(-n4c6cc(C(C)(C)C)ccc6c6ccc(C(C)(C)C)cc64)cc3O5)c2c1. The molecule has 3 aromatic heterocycles. The molecule has 2 aliphatic rings. The molecule has 0 spiro atoms. The monoisotopic (exact) mass is 1090 g/mol. The number of ether oxygens (including phenoxy) is 2. The van der Waals surface area contributed by atoms with Crippen LogP contribution in [0.15, 0.2) is 188 Å². The number of para-hydroxylation sites is 2. The van der Waals surface area contributed by atoms with Gasteiger partial charge in [-0.25, -0.2) is 0 Å². The topological polar surface area (TPSA) is 57.0 Å². The van der Waals surface area contributed by atoms with Crippen LogP contribution >= 0.6 is 0 Å². The van der Waals surface area contributed by atoms with Crippen LogP contribution in [-0.4, -0.2) is 20.4 Å². The zero-order valence-electron chi connectivity index (χ0n) is 50.1. The Morgan fingerprint density at radius 1 is 0.357 bits per heavy atom. The summed E-state index contributed by atoms with van der Waals surface area (Å²) < 4.78 is 22.1. The van der Waals surface area contributed by atoms with Crippen molar-refractivity contribution in [2.45, 2.75) is 105 Å². The van der Waals surface area contributed by atoms with Crippen molar-refractivity contribution in [2.24, 2.45) is 0 Å². The van der Waals surface area contributed by atoms with Crippen molar-refractivity contribution >= 4 is 88.5 Å². The molecular weight excluding hydrogens is 1020 g/mol. The summed E-state index contributed by atoms with van der Waals surface area (Å²) >= 11 is 0. The summed E-state index contributed by atoms with van der Waals surface area (Å²) in [5.41, 5.74) is 20.2. The minimum absolute atomic E-state index is 0.0547. The van der Waals surface area contributed by atoms with Crippen molar-refractivity contribution in [3.05, 3.63) is 216 Å². The lowest BCUT2D eigenvalue weighted by Crippen LogP contribution is -2.57. The first kappa shape index (κ1) is 51.6. The number of nitriles is 1. The van der Waals surface area contributed by atoms with Crippen LogP contribution in [0.4, 0.5) is 0 Å². The molecular formula is C77H67BN4O2. The van der Waals surface area contributed by atoms with Gasteiger partial charge in [-0.05, 0) is 139 Å². The highest BCUT2D eigenvalue weighted by atomic mass is 16.5. The molecule has 0 radical (unpaired) electrons. The molecule has 10 aromatic carbocycles. The van der Waals surface area contributed by atoms with Crippen molar-refractivity contribution in [2.75, 3.05) is 0 Å². The van der Waals surface area contributed by atoms with Crippen molar-refractivity contribution in [3.8, 4) is 57.3 Å². The molecule has 5 heterocycles. The van der Waals surface area contributed by atoms with Crippen LogP contribution in [-0.2, 0) is 21.7 Å². The predicted octanol–water partition coefficient (Wildman–Crippen LogP) is 18.4. The van der Waals surface area contributed by atoms with Crippen molar-refractivity contribution < 1.29 is 9.47 Å². The summed E-state index contributed by atoms with van der Waals surface area (Å²) in [6, 6.07) is 71.7. The van der Waals surface area contributed by atoms with Gasteiger partial charge in [0, 0.05) is 66.9 Å². The molecule has 7 heteroatoms. The molecule has 0 N–H and O–H groups in total. The summed E-state index contributed by atoms with van der Waals surface area (Å²) in [6.07, 6.45) is 0. The van der Waals surface area contributed by atoms with Gasteiger partial charge in [-0.3, -0.25) is 0 Å². The number of nitrogens with zero attached hydrogens (tertiary/aromatic N) is 4. The highest BCUT2D eigenvalue weighted by Gasteiger charge is 2.41. The lowest BCUT2D eigenvalue weighted by atomic mass is 9.35. The standard InChI is InChI=1S/C77H67BN4O2/c1-74(2,3)47-22-28-55-56-29-23-48(75(4,5)6)39-66(56)80(65(55)38-47)51-26-32-60-69(42-51)83-71-36-46(59-35-45(44-79)21-34-64(59)82-62-19-15-13-17-53(62)54-18-14-16-20-63(54)82)37-72-73(71)78(60)61-33-27-52(43-70(61)84-72)81-67-40-49(76(7,8)9)24-30-57(67)58-31-25-50(41-68(58)81)77(10,11)12/h13-43H,1-12H3. The van der Waals surface area contributed by atoms with E-state index in [4.69, 9.17) is 9.47 Å². The number of aromatic nitrogens is 3. The molecule has 0 fully saturated rings. The first-order valence-corrected chi connectivity index (χ1v) is 29.6. The Bertz CT molecular complexity index is 4610. The Morgan fingerprint density at radius 2 is 0.738 bits per heavy atom. The van der Waals surface area contributed by atoms with Gasteiger partial charge in [0.15, 0.2) is 0 Å². The van der Waals surface area contributed by atoms with E-state index in [-0.39, 0.29) is 28.4 Å². The van der Waals surface area contributed by atoms with E-state index in [9.17, 15) is 5.26 Å². The third-order valence-corrected chi connectivity index (χ3v) is 18.2. The minimum Gasteiger partial charge on any atom is -0.458 e. The summed E-state index contributed by atoms with van der Waals surface area (Å²) in [5, 5.41) is 17.8. The van der Waals surface area contributed by atoms with Gasteiger partial charge in [-0.1, -0.05) is 180 Å². The molecule has 0 amide bonds. The van der Waals surface area contributed by atoms with E-state index in [0.717, 1.165) is 101 Å². The van der Waals surface area contributed by atoms with Crippen LogP contribution in [0.1, 0.15) is 111 Å². The van der Waals surface area contributed by atoms with Gasteiger partial charge >= 0.3 is 0 Å². The van der Waals surface area contributed by atoms with E-state index < -0.39 is 0 Å². The molecule has 0 unspecified atom stereocenters. The number of rotatable bonds is 4. The molecule has 6 nitrogen and oxygen atoms in total. The van der Waals surface area contributed by atoms with Crippen LogP contribution in [0.3, 0.4) is 0 Å². The maximum Gasteiger partial charge on any atom is 0.260 e. The van der Waals surface area contributed by atoms with Gasteiger partial charge in [0.1, 0.15) is 23.0 Å². The Kier molecular flexibility index (Phi) is 11.0. The lowest BCUT2D eigenvalue weighted by Gasteiger charge is -2.34. The van der Waals surface area contributed by atoms with E-state index in [1.165, 1.54) is 54.6 Å². The number of hydrogen-bond donors (Lipinski definition) is 0. The van der Waals surface area contributed by atoms with Crippen LogP contribution in [0.25, 0.3) is 93.6 Å². The van der Waals surface area contributed by atoms with Crippen LogP contribution < -0.4 is 25.9 Å². The van der Waals surface area contributed by atoms with Gasteiger partial charge in [-0.15, -0.1) is 0 Å². The molecule has 2 aliphatic heterocycles. The molecule has 15 rings (SSSR count). The molecule has 0 atom stereocenters. The molecule has 84 heavy (non-hydrogen) atoms. The molecule has 0 saturated carbocycles. The van der Waals surface area contributed by atoms with Gasteiger partial charge in [-0.2, -0.15) is 5.26 Å². The number of benzene rings is 10. The van der Waals surface area contributed by atoms with E-state index in [1.54, 1.807) is 0 Å². The average molecular weight is 1090 g/mol. The second kappa shape index (κ2) is 17.9. The summed E-state index contributed by atoms with van der Waals surface area (Å²) in [7, 11) is 0. The second-order valence-corrected chi connectivity index (χ2v) is 27.8. The van der Waals surface area contributed by atoms with E-state index in [2.05, 4.69) is 279 Å². The van der Waals surface area contributed by atoms with E-state index in [1.807, 2.05) is 12.1 Å². The van der Waals surface area contributed by atoms with Gasteiger partial charge in [0.05, 0.1) is 50.4 Å². The fourth-order valence-electron chi connectivity index (χ4n) is 13.6. The van der Waals surface area contributed by atoms with Crippen LogP contribution in [0.5, 0.6) is 23.0 Å². The van der Waals surface area contributed by atoms with E-state index in [0.29, 0.717) is 5.56 Å². The molecule has 0 saturated heterocycles. The first-order chi connectivity index (χ1) is 40.1. The van der Waals surface area contributed by atoms with E-state index >= 15 is 0 Å². The lowest BCUT2D eigenvalue weighted by molar-refractivity contribution is 0.464. The normalized spacial score (nSPS) is 13.4. The fraction of sp³-hybridized carbons (Fsp3) is 0.208. The second-order valence-electron chi connectivity index (χ2n) is 27.8. The summed E-state index contributed by atoms with van der Waals surface area (Å²) in [6.45, 7) is 27.2. The fourth-order valence-corrected chi connectivity index (χ4v) is 13.6. The van der Waals surface area contributed by atoms with Gasteiger partial charge < -0.3 is 23.2 Å². The summed E-state index contributed by atoms with van der Waals surface area (Å²) in [5.74, 6) is 3.03. The maximum absolute atomic E-state index is 10.6. The van der Waals surface area contributed by atoms with Crippen LogP contribution in [0.2, 0.25) is 0 Å². The van der Waals surface area contributed by atoms with Crippen molar-refractivity contribution in [3.63, 3.8) is 0 Å². The first-order valence-electron chi connectivity index (χ1n) is 29.6. The smallest absolute Gasteiger partial charge is 0.260 e. The number of fused-ring (bicyclic) bond motifs is 13. The maximum atomic E-state index is 10.6. The molecule has 13 aromatic rings. The quantitative estimate of drug-likeness (QED) is 0.165. The van der Waals surface area contributed by atoms with Crippen molar-refractivity contribution in [1.82, 2.24) is 13.7 Å². The number of hydrogen-bond acceptors (Lipinski definition) is 3. The third-order valence-electron chi connectivity index (χ3n) is 18.2. The largest absolute Gasteiger partial charge is 0.458 e. The zero-order valence-corrected chi connectivity index (χ0v) is 50.1. The molecule has 0 bridgehead atoms. The Balaban J connectivity index is 0.983. The average Bonchev–Trinajstić information content (AvgIpc) is 1.78. The Hall–Kier alpha value is -9.25. The van der Waals surface area contributed by atoms with Gasteiger partial charge in [0.25, 0.3) is 6.71 Å². The highest BCUT2D eigenvalue weighted by molar-refractivity contribution is 6.98. The summed E-state index contributed by atoms with van der Waals surface area (Å²) in [4.78, 5) is 0. The predicted molar refractivity (Wildman–Crippen MR) is 352 cm³/mol. The molecule has 410 valence electrons. The third kappa shape index (κ3) is 7.90.